The van der Waals surface area contributed by atoms with Gasteiger partial charge in [-0.3, -0.25) is 4.57 Å². The van der Waals surface area contributed by atoms with Crippen molar-refractivity contribution in [3.63, 3.8) is 0 Å². The van der Waals surface area contributed by atoms with Gasteiger partial charge in [0.2, 0.25) is 0 Å². The normalized spacial score (nSPS) is 14.0. The molecule has 1 aliphatic heterocycles. The standard InChI is InChI=1S/C24H24N4O/c1-16-3-5-17(6-4-16)21-11-14-28(24(29)26-21)18-7-8-19-20-9-12-25-13-10-22(20)27(2)23(19)15-18/h3-8,11,14-15,25H,9-10,12-13H2,1-2H3. The zero-order chi connectivity index (χ0) is 20.0. The Kier molecular flexibility index (Phi) is 4.32. The van der Waals surface area contributed by atoms with Crippen molar-refractivity contribution in [2.45, 2.75) is 19.8 Å². The monoisotopic (exact) mass is 384 g/mol. The second-order valence-corrected chi connectivity index (χ2v) is 7.77. The van der Waals surface area contributed by atoms with Crippen molar-refractivity contribution in [2.75, 3.05) is 13.1 Å². The van der Waals surface area contributed by atoms with E-state index in [-0.39, 0.29) is 5.69 Å². The first-order valence-electron chi connectivity index (χ1n) is 10.1. The van der Waals surface area contributed by atoms with E-state index in [9.17, 15) is 4.79 Å². The highest BCUT2D eigenvalue weighted by Crippen LogP contribution is 2.29. The largest absolute Gasteiger partial charge is 0.352 e. The number of hydrogen-bond acceptors (Lipinski definition) is 3. The van der Waals surface area contributed by atoms with E-state index < -0.39 is 0 Å². The van der Waals surface area contributed by atoms with Gasteiger partial charge in [0.1, 0.15) is 0 Å². The molecule has 0 unspecified atom stereocenters. The maximum atomic E-state index is 12.8. The molecule has 29 heavy (non-hydrogen) atoms. The zero-order valence-electron chi connectivity index (χ0n) is 16.8. The van der Waals surface area contributed by atoms with Gasteiger partial charge >= 0.3 is 5.69 Å². The van der Waals surface area contributed by atoms with Gasteiger partial charge < -0.3 is 9.88 Å². The first kappa shape index (κ1) is 17.9. The van der Waals surface area contributed by atoms with Crippen molar-refractivity contribution >= 4 is 10.9 Å². The molecule has 146 valence electrons. The Morgan fingerprint density at radius 1 is 1.00 bits per heavy atom. The van der Waals surface area contributed by atoms with Crippen LogP contribution in [0.4, 0.5) is 0 Å². The molecule has 5 heteroatoms. The number of nitrogens with one attached hydrogen (secondary N) is 1. The molecule has 0 bridgehead atoms. The average Bonchev–Trinajstić information content (AvgIpc) is 2.89. The van der Waals surface area contributed by atoms with E-state index in [2.05, 4.69) is 34.0 Å². The topological polar surface area (TPSA) is 51.9 Å². The lowest BCUT2D eigenvalue weighted by Crippen LogP contribution is -2.21. The van der Waals surface area contributed by atoms with E-state index in [1.807, 2.05) is 49.5 Å². The third kappa shape index (κ3) is 3.08. The van der Waals surface area contributed by atoms with Crippen LogP contribution in [0, 0.1) is 6.92 Å². The number of fused-ring (bicyclic) bond motifs is 3. The van der Waals surface area contributed by atoms with Crippen LogP contribution in [0.5, 0.6) is 0 Å². The fourth-order valence-corrected chi connectivity index (χ4v) is 4.33. The molecule has 0 saturated carbocycles. The number of aromatic nitrogens is 3. The lowest BCUT2D eigenvalue weighted by Gasteiger charge is -2.08. The second-order valence-electron chi connectivity index (χ2n) is 7.77. The molecule has 2 aromatic carbocycles. The fraction of sp³-hybridized carbons (Fsp3) is 0.250. The number of nitrogens with zero attached hydrogens (tertiary/aromatic N) is 3. The molecule has 0 saturated heterocycles. The molecule has 2 aromatic heterocycles. The summed E-state index contributed by atoms with van der Waals surface area (Å²) in [6.45, 7) is 4.07. The van der Waals surface area contributed by atoms with Gasteiger partial charge in [0, 0.05) is 42.9 Å². The number of hydrogen-bond donors (Lipinski definition) is 1. The zero-order valence-corrected chi connectivity index (χ0v) is 16.8. The predicted octanol–water partition coefficient (Wildman–Crippen LogP) is 3.39. The summed E-state index contributed by atoms with van der Waals surface area (Å²) in [7, 11) is 2.12. The SMILES string of the molecule is Cc1ccc(-c2ccn(-c3ccc4c5c(n(C)c4c3)CCNCC5)c(=O)n2)cc1. The van der Waals surface area contributed by atoms with E-state index in [0.29, 0.717) is 5.69 Å². The first-order valence-corrected chi connectivity index (χ1v) is 10.1. The van der Waals surface area contributed by atoms with Crippen LogP contribution < -0.4 is 11.0 Å². The lowest BCUT2D eigenvalue weighted by atomic mass is 10.1. The van der Waals surface area contributed by atoms with Crippen LogP contribution in [-0.2, 0) is 19.9 Å². The van der Waals surface area contributed by atoms with E-state index in [4.69, 9.17) is 0 Å². The highest BCUT2D eigenvalue weighted by molar-refractivity contribution is 5.87. The third-order valence-corrected chi connectivity index (χ3v) is 5.94. The molecule has 3 heterocycles. The van der Waals surface area contributed by atoms with Crippen molar-refractivity contribution in [1.29, 1.82) is 0 Å². The maximum absolute atomic E-state index is 12.8. The van der Waals surface area contributed by atoms with E-state index in [0.717, 1.165) is 37.2 Å². The van der Waals surface area contributed by atoms with Gasteiger partial charge in [-0.2, -0.15) is 4.98 Å². The highest BCUT2D eigenvalue weighted by atomic mass is 16.1. The van der Waals surface area contributed by atoms with Crippen LogP contribution in [0.15, 0.2) is 59.5 Å². The molecule has 1 aliphatic rings. The Bertz CT molecular complexity index is 1260. The van der Waals surface area contributed by atoms with Crippen molar-refractivity contribution in [3.05, 3.63) is 82.0 Å². The molecule has 5 nitrogen and oxygen atoms in total. The number of aryl methyl sites for hydroxylation is 2. The van der Waals surface area contributed by atoms with Crippen LogP contribution in [0.1, 0.15) is 16.8 Å². The molecule has 0 atom stereocenters. The number of rotatable bonds is 2. The van der Waals surface area contributed by atoms with Gasteiger partial charge in [-0.1, -0.05) is 35.9 Å². The lowest BCUT2D eigenvalue weighted by molar-refractivity contribution is 0.699. The predicted molar refractivity (Wildman–Crippen MR) is 117 cm³/mol. The molecule has 0 radical (unpaired) electrons. The van der Waals surface area contributed by atoms with Crippen molar-refractivity contribution in [3.8, 4) is 16.9 Å². The Balaban J connectivity index is 1.58. The molecular weight excluding hydrogens is 360 g/mol. The van der Waals surface area contributed by atoms with Gasteiger partial charge in [-0.15, -0.1) is 0 Å². The molecule has 5 rings (SSSR count). The summed E-state index contributed by atoms with van der Waals surface area (Å²) >= 11 is 0. The summed E-state index contributed by atoms with van der Waals surface area (Å²) in [6.07, 6.45) is 3.89. The Morgan fingerprint density at radius 2 is 1.79 bits per heavy atom. The molecule has 1 N–H and O–H groups in total. The van der Waals surface area contributed by atoms with Crippen molar-refractivity contribution in [1.82, 2.24) is 19.4 Å². The van der Waals surface area contributed by atoms with Crippen LogP contribution in [0.25, 0.3) is 27.8 Å². The molecule has 0 amide bonds. The minimum atomic E-state index is -0.262. The van der Waals surface area contributed by atoms with Crippen LogP contribution in [0.2, 0.25) is 0 Å². The van der Waals surface area contributed by atoms with E-state index in [1.165, 1.54) is 27.7 Å². The molecule has 0 spiro atoms. The smallest absolute Gasteiger partial charge is 0.347 e. The Hall–Kier alpha value is -3.18. The van der Waals surface area contributed by atoms with Gasteiger partial charge in [-0.05, 0) is 43.7 Å². The van der Waals surface area contributed by atoms with Gasteiger partial charge in [-0.25, -0.2) is 4.79 Å². The van der Waals surface area contributed by atoms with Gasteiger partial charge in [0.15, 0.2) is 0 Å². The third-order valence-electron chi connectivity index (χ3n) is 5.94. The molecule has 0 aliphatic carbocycles. The molecular formula is C24H24N4O. The molecule has 0 fully saturated rings. The Morgan fingerprint density at radius 3 is 2.59 bits per heavy atom. The van der Waals surface area contributed by atoms with E-state index in [1.54, 1.807) is 4.57 Å². The summed E-state index contributed by atoms with van der Waals surface area (Å²) in [5.41, 5.74) is 7.42. The second kappa shape index (κ2) is 7.01. The van der Waals surface area contributed by atoms with Crippen LogP contribution in [0.3, 0.4) is 0 Å². The molecule has 4 aromatic rings. The summed E-state index contributed by atoms with van der Waals surface area (Å²) in [4.78, 5) is 17.1. The minimum absolute atomic E-state index is 0.262. The van der Waals surface area contributed by atoms with Gasteiger partial charge in [0.05, 0.1) is 16.9 Å². The number of benzene rings is 2. The average molecular weight is 384 g/mol. The van der Waals surface area contributed by atoms with E-state index >= 15 is 0 Å². The quantitative estimate of drug-likeness (QED) is 0.576. The summed E-state index contributed by atoms with van der Waals surface area (Å²) in [6, 6.07) is 16.2. The first-order chi connectivity index (χ1) is 14.1. The summed E-state index contributed by atoms with van der Waals surface area (Å²) in [5.74, 6) is 0. The Labute approximate surface area is 169 Å². The van der Waals surface area contributed by atoms with Crippen molar-refractivity contribution in [2.24, 2.45) is 7.05 Å². The van der Waals surface area contributed by atoms with Crippen molar-refractivity contribution < 1.29 is 0 Å². The van der Waals surface area contributed by atoms with Crippen LogP contribution in [-0.4, -0.2) is 27.2 Å². The van der Waals surface area contributed by atoms with Crippen LogP contribution >= 0.6 is 0 Å². The maximum Gasteiger partial charge on any atom is 0.352 e. The summed E-state index contributed by atoms with van der Waals surface area (Å²) in [5, 5.41) is 4.76. The fourth-order valence-electron chi connectivity index (χ4n) is 4.33. The minimum Gasteiger partial charge on any atom is -0.347 e. The highest BCUT2D eigenvalue weighted by Gasteiger charge is 2.17. The van der Waals surface area contributed by atoms with Gasteiger partial charge in [0.25, 0.3) is 0 Å². The summed E-state index contributed by atoms with van der Waals surface area (Å²) < 4.78 is 3.90.